The molecular formula is C12H25NO2. The van der Waals surface area contributed by atoms with Crippen LogP contribution in [0.5, 0.6) is 0 Å². The van der Waals surface area contributed by atoms with E-state index in [0.717, 1.165) is 12.8 Å². The molecule has 0 aliphatic rings. The number of unbranched alkanes of at least 4 members (excludes halogenated alkanes) is 1. The lowest BCUT2D eigenvalue weighted by atomic mass is 9.78. The van der Waals surface area contributed by atoms with Crippen molar-refractivity contribution in [3.05, 3.63) is 0 Å². The third kappa shape index (κ3) is 5.78. The molecule has 0 fully saturated rings. The van der Waals surface area contributed by atoms with Gasteiger partial charge in [-0.1, -0.05) is 33.6 Å². The van der Waals surface area contributed by atoms with Crippen molar-refractivity contribution in [1.82, 2.24) is 0 Å². The highest BCUT2D eigenvalue weighted by molar-refractivity contribution is 5.67. The maximum Gasteiger partial charge on any atom is 0.303 e. The minimum atomic E-state index is -0.729. The van der Waals surface area contributed by atoms with Gasteiger partial charge in [0.1, 0.15) is 0 Å². The van der Waals surface area contributed by atoms with Crippen LogP contribution in [0, 0.1) is 17.8 Å². The van der Waals surface area contributed by atoms with Gasteiger partial charge in [-0.25, -0.2) is 0 Å². The van der Waals surface area contributed by atoms with E-state index in [0.29, 0.717) is 18.4 Å². The van der Waals surface area contributed by atoms with Crippen LogP contribution in [0.3, 0.4) is 0 Å². The molecule has 3 heteroatoms. The molecule has 0 saturated heterocycles. The molecular weight excluding hydrogens is 190 g/mol. The Balaban J connectivity index is 4.33. The lowest BCUT2D eigenvalue weighted by molar-refractivity contribution is -0.138. The van der Waals surface area contributed by atoms with Crippen LogP contribution in [-0.2, 0) is 4.79 Å². The second-order valence-corrected chi connectivity index (χ2v) is 4.64. The monoisotopic (exact) mass is 215 g/mol. The summed E-state index contributed by atoms with van der Waals surface area (Å²) < 4.78 is 0. The summed E-state index contributed by atoms with van der Waals surface area (Å²) in [5.74, 6) is 0.372. The Morgan fingerprint density at radius 2 is 2.00 bits per heavy atom. The highest BCUT2D eigenvalue weighted by atomic mass is 16.4. The van der Waals surface area contributed by atoms with Gasteiger partial charge in [0, 0.05) is 6.42 Å². The summed E-state index contributed by atoms with van der Waals surface area (Å²) in [5, 5.41) is 8.82. The van der Waals surface area contributed by atoms with Crippen molar-refractivity contribution in [1.29, 1.82) is 0 Å². The van der Waals surface area contributed by atoms with Gasteiger partial charge in [0.2, 0.25) is 0 Å². The average molecular weight is 215 g/mol. The first-order valence-electron chi connectivity index (χ1n) is 5.94. The van der Waals surface area contributed by atoms with E-state index >= 15 is 0 Å². The van der Waals surface area contributed by atoms with E-state index in [9.17, 15) is 4.79 Å². The largest absolute Gasteiger partial charge is 0.481 e. The zero-order valence-electron chi connectivity index (χ0n) is 10.2. The van der Waals surface area contributed by atoms with Crippen molar-refractivity contribution in [2.45, 2.75) is 46.5 Å². The molecule has 0 aromatic carbocycles. The molecule has 15 heavy (non-hydrogen) atoms. The quantitative estimate of drug-likeness (QED) is 0.654. The van der Waals surface area contributed by atoms with Crippen LogP contribution in [0.15, 0.2) is 0 Å². The summed E-state index contributed by atoms with van der Waals surface area (Å²) in [4.78, 5) is 10.7. The Bertz CT molecular complexity index is 180. The number of carbonyl (C=O) groups is 1. The molecule has 0 radical (unpaired) electrons. The zero-order chi connectivity index (χ0) is 11.8. The topological polar surface area (TPSA) is 63.3 Å². The predicted molar refractivity (Wildman–Crippen MR) is 62.7 cm³/mol. The molecule has 2 atom stereocenters. The van der Waals surface area contributed by atoms with Gasteiger partial charge in [0.15, 0.2) is 0 Å². The number of hydrogen-bond donors (Lipinski definition) is 2. The lowest BCUT2D eigenvalue weighted by Crippen LogP contribution is -2.29. The van der Waals surface area contributed by atoms with Crippen LogP contribution in [-0.4, -0.2) is 17.6 Å². The van der Waals surface area contributed by atoms with Crippen LogP contribution in [0.1, 0.15) is 46.5 Å². The molecule has 0 saturated carbocycles. The molecule has 0 aromatic rings. The van der Waals surface area contributed by atoms with Crippen molar-refractivity contribution < 1.29 is 9.90 Å². The maximum atomic E-state index is 10.7. The molecule has 0 aliphatic heterocycles. The average Bonchev–Trinajstić information content (AvgIpc) is 2.15. The molecule has 3 N–H and O–H groups in total. The van der Waals surface area contributed by atoms with Gasteiger partial charge < -0.3 is 10.8 Å². The number of rotatable bonds is 8. The molecule has 0 bridgehead atoms. The molecule has 0 rings (SSSR count). The Morgan fingerprint density at radius 3 is 2.33 bits per heavy atom. The van der Waals surface area contributed by atoms with Crippen molar-refractivity contribution in [3.63, 3.8) is 0 Å². The summed E-state index contributed by atoms with van der Waals surface area (Å²) in [6.07, 6.45) is 3.64. The molecule has 0 amide bonds. The number of aliphatic carboxylic acids is 1. The number of nitrogens with two attached hydrogens (primary N) is 1. The summed E-state index contributed by atoms with van der Waals surface area (Å²) in [6, 6.07) is 0. The second-order valence-electron chi connectivity index (χ2n) is 4.64. The Hall–Kier alpha value is -0.570. The van der Waals surface area contributed by atoms with E-state index in [1.807, 2.05) is 0 Å². The van der Waals surface area contributed by atoms with Gasteiger partial charge >= 0.3 is 5.97 Å². The third-order valence-electron chi connectivity index (χ3n) is 3.09. The first-order chi connectivity index (χ1) is 7.02. The fourth-order valence-corrected chi connectivity index (χ4v) is 2.19. The van der Waals surface area contributed by atoms with Crippen LogP contribution in [0.4, 0.5) is 0 Å². The molecule has 0 spiro atoms. The normalized spacial score (nSPS) is 15.3. The molecule has 90 valence electrons. The van der Waals surface area contributed by atoms with Crippen molar-refractivity contribution >= 4 is 5.97 Å². The number of hydrogen-bond acceptors (Lipinski definition) is 2. The summed E-state index contributed by atoms with van der Waals surface area (Å²) in [5.41, 5.74) is 5.67. The fourth-order valence-electron chi connectivity index (χ4n) is 2.19. The highest BCUT2D eigenvalue weighted by Gasteiger charge is 2.24. The van der Waals surface area contributed by atoms with Gasteiger partial charge in [-0.05, 0) is 30.7 Å². The first-order valence-corrected chi connectivity index (χ1v) is 5.94. The van der Waals surface area contributed by atoms with E-state index in [1.54, 1.807) is 0 Å². The van der Waals surface area contributed by atoms with Crippen LogP contribution < -0.4 is 5.73 Å². The standard InChI is InChI=1S/C12H25NO2/c1-4-5-6-11(9(2)3)10(8-13)7-12(14)15/h9-11H,4-8,13H2,1-3H3,(H,14,15). The Kier molecular flexibility index (Phi) is 7.39. The van der Waals surface area contributed by atoms with Crippen molar-refractivity contribution in [3.8, 4) is 0 Å². The van der Waals surface area contributed by atoms with E-state index in [-0.39, 0.29) is 12.3 Å². The Labute approximate surface area is 93.0 Å². The van der Waals surface area contributed by atoms with E-state index in [1.165, 1.54) is 6.42 Å². The molecule has 0 aromatic heterocycles. The van der Waals surface area contributed by atoms with Gasteiger partial charge in [-0.3, -0.25) is 4.79 Å². The molecule has 3 nitrogen and oxygen atoms in total. The van der Waals surface area contributed by atoms with Gasteiger partial charge in [-0.15, -0.1) is 0 Å². The summed E-state index contributed by atoms with van der Waals surface area (Å²) in [7, 11) is 0. The van der Waals surface area contributed by atoms with Gasteiger partial charge in [0.05, 0.1) is 0 Å². The zero-order valence-corrected chi connectivity index (χ0v) is 10.2. The number of carboxylic acid groups (broad SMARTS) is 1. The smallest absolute Gasteiger partial charge is 0.303 e. The molecule has 0 aliphatic carbocycles. The van der Waals surface area contributed by atoms with E-state index < -0.39 is 5.97 Å². The highest BCUT2D eigenvalue weighted by Crippen LogP contribution is 2.28. The maximum absolute atomic E-state index is 10.7. The summed E-state index contributed by atoms with van der Waals surface area (Å²) >= 11 is 0. The Morgan fingerprint density at radius 1 is 1.40 bits per heavy atom. The number of carboxylic acids is 1. The lowest BCUT2D eigenvalue weighted by Gasteiger charge is -2.28. The molecule has 2 unspecified atom stereocenters. The van der Waals surface area contributed by atoms with Crippen LogP contribution in [0.2, 0.25) is 0 Å². The van der Waals surface area contributed by atoms with Crippen LogP contribution in [0.25, 0.3) is 0 Å². The van der Waals surface area contributed by atoms with Gasteiger partial charge in [-0.2, -0.15) is 0 Å². The van der Waals surface area contributed by atoms with E-state index in [2.05, 4.69) is 20.8 Å². The summed E-state index contributed by atoms with van der Waals surface area (Å²) in [6.45, 7) is 6.96. The van der Waals surface area contributed by atoms with E-state index in [4.69, 9.17) is 10.8 Å². The van der Waals surface area contributed by atoms with Crippen LogP contribution >= 0.6 is 0 Å². The second kappa shape index (κ2) is 7.69. The van der Waals surface area contributed by atoms with Crippen molar-refractivity contribution in [2.75, 3.05) is 6.54 Å². The predicted octanol–water partition coefficient (Wildman–Crippen LogP) is 2.50. The molecule has 0 heterocycles. The third-order valence-corrected chi connectivity index (χ3v) is 3.09. The van der Waals surface area contributed by atoms with Gasteiger partial charge in [0.25, 0.3) is 0 Å². The minimum absolute atomic E-state index is 0.133. The SMILES string of the molecule is CCCCC(C(C)C)C(CN)CC(=O)O. The van der Waals surface area contributed by atoms with Crippen molar-refractivity contribution in [2.24, 2.45) is 23.5 Å². The fraction of sp³-hybridized carbons (Fsp3) is 0.917. The minimum Gasteiger partial charge on any atom is -0.481 e. The first kappa shape index (κ1) is 14.4.